The molecule has 44 heavy (non-hydrogen) atoms. The van der Waals surface area contributed by atoms with Crippen LogP contribution in [0.1, 0.15) is 52.0 Å². The Kier molecular flexibility index (Phi) is 8.03. The van der Waals surface area contributed by atoms with Gasteiger partial charge in [0, 0.05) is 44.2 Å². The van der Waals surface area contributed by atoms with Gasteiger partial charge in [-0.25, -0.2) is 31.0 Å². The molecule has 1 aromatic carbocycles. The van der Waals surface area contributed by atoms with E-state index in [-0.39, 0.29) is 51.4 Å². The minimum Gasteiger partial charge on any atom is -0.470 e. The van der Waals surface area contributed by atoms with Crippen LogP contribution < -0.4 is 19.7 Å². The van der Waals surface area contributed by atoms with Crippen molar-refractivity contribution in [2.24, 2.45) is 5.92 Å². The number of sulfonamides is 1. The second kappa shape index (κ2) is 11.4. The number of hydrogen-bond donors (Lipinski definition) is 2. The summed E-state index contributed by atoms with van der Waals surface area (Å²) in [6.45, 7) is 8.48. The number of anilines is 1. The second-order valence-electron chi connectivity index (χ2n) is 12.1. The Balaban J connectivity index is 1.51. The summed E-state index contributed by atoms with van der Waals surface area (Å²) in [5, 5.41) is 15.3. The molecule has 4 heterocycles. The lowest BCUT2D eigenvalue weighted by atomic mass is 10.1. The van der Waals surface area contributed by atoms with E-state index in [4.69, 9.17) is 4.74 Å². The highest BCUT2D eigenvalue weighted by Gasteiger charge is 2.47. The maximum Gasteiger partial charge on any atom is 0.291 e. The Morgan fingerprint density at radius 1 is 1.23 bits per heavy atom. The molecule has 0 unspecified atom stereocenters. The summed E-state index contributed by atoms with van der Waals surface area (Å²) in [7, 11) is -4.22. The van der Waals surface area contributed by atoms with E-state index in [0.29, 0.717) is 61.4 Å². The van der Waals surface area contributed by atoms with Crippen LogP contribution in [0.5, 0.6) is 5.88 Å². The van der Waals surface area contributed by atoms with Gasteiger partial charge in [-0.3, -0.25) is 4.79 Å². The lowest BCUT2D eigenvalue weighted by Gasteiger charge is -2.42. The number of benzene rings is 1. The van der Waals surface area contributed by atoms with Crippen molar-refractivity contribution in [1.29, 1.82) is 0 Å². The van der Waals surface area contributed by atoms with Gasteiger partial charge in [-0.05, 0) is 38.8 Å². The zero-order valence-corrected chi connectivity index (χ0v) is 26.4. The summed E-state index contributed by atoms with van der Waals surface area (Å²) < 4.78 is 78.2. The highest BCUT2D eigenvalue weighted by molar-refractivity contribution is 7.89. The Morgan fingerprint density at radius 3 is 2.52 bits per heavy atom. The molecular formula is C27H35F3N8O4S2. The molecule has 0 radical (unpaired) electrons. The predicted octanol–water partition coefficient (Wildman–Crippen LogP) is 3.03. The molecule has 240 valence electrons. The van der Waals surface area contributed by atoms with Crippen molar-refractivity contribution in [1.82, 2.24) is 34.9 Å². The summed E-state index contributed by atoms with van der Waals surface area (Å²) >= 11 is 0.634. The normalized spacial score (nSPS) is 23.4. The molecule has 0 bridgehead atoms. The number of nitrogens with zero attached hydrogens (tertiary/aromatic N) is 6. The van der Waals surface area contributed by atoms with E-state index in [0.717, 1.165) is 0 Å². The first-order chi connectivity index (χ1) is 20.8. The van der Waals surface area contributed by atoms with E-state index in [9.17, 15) is 26.4 Å². The number of amides is 1. The molecule has 3 fully saturated rings. The number of nitrogens with one attached hydrogen (secondary N) is 2. The van der Waals surface area contributed by atoms with Crippen molar-refractivity contribution in [3.05, 3.63) is 17.1 Å². The molecular weight excluding hydrogens is 621 g/mol. The van der Waals surface area contributed by atoms with E-state index < -0.39 is 33.7 Å². The Morgan fingerprint density at radius 2 is 1.98 bits per heavy atom. The highest BCUT2D eigenvalue weighted by atomic mass is 32.2. The van der Waals surface area contributed by atoms with Crippen LogP contribution in [-0.4, -0.2) is 95.8 Å². The van der Waals surface area contributed by atoms with Crippen LogP contribution in [0.4, 0.5) is 18.9 Å². The molecule has 3 atom stereocenters. The largest absolute Gasteiger partial charge is 0.470 e. The van der Waals surface area contributed by atoms with Gasteiger partial charge in [-0.1, -0.05) is 25.2 Å². The Hall–Kier alpha value is -3.02. The smallest absolute Gasteiger partial charge is 0.291 e. The minimum absolute atomic E-state index is 0.0107. The molecule has 1 saturated carbocycles. The lowest BCUT2D eigenvalue weighted by Crippen LogP contribution is -2.58. The number of aromatic nitrogens is 4. The van der Waals surface area contributed by atoms with Crippen LogP contribution in [0.3, 0.4) is 0 Å². The van der Waals surface area contributed by atoms with Gasteiger partial charge in [-0.2, -0.15) is 0 Å². The fraction of sp³-hybridized carbons (Fsp3) is 0.630. The summed E-state index contributed by atoms with van der Waals surface area (Å²) in [6, 6.07) is 2.72. The molecule has 17 heteroatoms. The van der Waals surface area contributed by atoms with Crippen molar-refractivity contribution in [3.8, 4) is 11.0 Å². The van der Waals surface area contributed by atoms with Crippen LogP contribution in [0.15, 0.2) is 17.0 Å². The topological polar surface area (TPSA) is 135 Å². The molecule has 1 amide bonds. The van der Waals surface area contributed by atoms with Crippen molar-refractivity contribution in [2.45, 2.75) is 75.6 Å². The number of halogens is 3. The van der Waals surface area contributed by atoms with Crippen LogP contribution in [0, 0.1) is 5.92 Å². The minimum atomic E-state index is -4.22. The van der Waals surface area contributed by atoms with E-state index in [2.05, 4.69) is 25.3 Å². The van der Waals surface area contributed by atoms with Gasteiger partial charge in [0.05, 0.1) is 27.0 Å². The zero-order chi connectivity index (χ0) is 31.6. The van der Waals surface area contributed by atoms with Gasteiger partial charge in [-0.15, -0.1) is 15.3 Å². The number of carbonyl (C=O) groups excluding carboxylic acids is 1. The summed E-state index contributed by atoms with van der Waals surface area (Å²) in [4.78, 5) is 16.5. The lowest BCUT2D eigenvalue weighted by molar-refractivity contribution is -0.136. The molecule has 3 aliphatic rings. The molecule has 12 nitrogen and oxygen atoms in total. The summed E-state index contributed by atoms with van der Waals surface area (Å²) in [5.41, 5.74) is -0.400. The fourth-order valence-corrected chi connectivity index (χ4v) is 7.68. The number of ether oxygens (including phenoxy) is 1. The van der Waals surface area contributed by atoms with Crippen LogP contribution in [0.25, 0.3) is 16.0 Å². The molecule has 3 aromatic rings. The quantitative estimate of drug-likeness (QED) is 0.338. The molecule has 6 rings (SSSR count). The highest BCUT2D eigenvalue weighted by Crippen LogP contribution is 2.42. The number of alkyl halides is 3. The molecule has 1 aliphatic carbocycles. The average Bonchev–Trinajstić information content (AvgIpc) is 3.39. The van der Waals surface area contributed by atoms with Gasteiger partial charge in [0.2, 0.25) is 26.9 Å². The van der Waals surface area contributed by atoms with Gasteiger partial charge in [0.1, 0.15) is 12.8 Å². The third kappa shape index (κ3) is 5.63. The molecule has 2 aromatic heterocycles. The second-order valence-corrected chi connectivity index (χ2v) is 14.8. The first-order valence-electron chi connectivity index (χ1n) is 14.6. The van der Waals surface area contributed by atoms with Crippen LogP contribution >= 0.6 is 11.3 Å². The molecule has 2 N–H and O–H groups in total. The van der Waals surface area contributed by atoms with E-state index >= 15 is 0 Å². The predicted molar refractivity (Wildman–Crippen MR) is 158 cm³/mol. The number of carbonyl (C=O) groups is 1. The first-order valence-corrected chi connectivity index (χ1v) is 16.9. The van der Waals surface area contributed by atoms with Crippen LogP contribution in [-0.2, 0) is 14.8 Å². The van der Waals surface area contributed by atoms with Crippen molar-refractivity contribution in [3.63, 3.8) is 0 Å². The SMILES string of the molecule is CC(C)C(=O)N1CCN(c2cc(S(=O)(=O)NC3(CF)CC3)cc3c2c(O[C@H]2CN[C@@H]2C)nn3-c2nnc(C(F)F)s2)C[C@H]1C. The van der Waals surface area contributed by atoms with Gasteiger partial charge in [0.25, 0.3) is 6.43 Å². The van der Waals surface area contributed by atoms with E-state index in [1.807, 2.05) is 37.5 Å². The van der Waals surface area contributed by atoms with Crippen molar-refractivity contribution in [2.75, 3.05) is 37.8 Å². The monoisotopic (exact) mass is 656 g/mol. The standard InChI is InChI=1S/C27H35F3N8O4S2/c1-14(2)25(39)37-8-7-36(12-15(37)3)18-9-17(44(40,41)35-27(13-28)5-6-27)10-19-21(18)23(42-20-11-31-16(20)4)34-38(19)26-33-32-24(43-26)22(29)30/h9-10,14-16,20,22,31,35H,5-8,11-13H2,1-4H3/t15-,16-,20+/m1/s1. The third-order valence-electron chi connectivity index (χ3n) is 8.48. The third-order valence-corrected chi connectivity index (χ3v) is 10.9. The van der Waals surface area contributed by atoms with Crippen molar-refractivity contribution >= 4 is 43.9 Å². The number of fused-ring (bicyclic) bond motifs is 1. The van der Waals surface area contributed by atoms with Gasteiger partial charge >= 0.3 is 0 Å². The molecule has 2 saturated heterocycles. The number of piperazine rings is 1. The fourth-order valence-electron chi connectivity index (χ4n) is 5.53. The molecule has 0 spiro atoms. The zero-order valence-electron chi connectivity index (χ0n) is 24.8. The number of hydrogen-bond acceptors (Lipinski definition) is 10. The van der Waals surface area contributed by atoms with Crippen LogP contribution in [0.2, 0.25) is 0 Å². The maximum absolute atomic E-state index is 13.8. The Bertz CT molecular complexity index is 1680. The average molecular weight is 657 g/mol. The molecule has 2 aliphatic heterocycles. The number of rotatable bonds is 10. The Labute approximate surface area is 257 Å². The van der Waals surface area contributed by atoms with E-state index in [1.54, 1.807) is 0 Å². The van der Waals surface area contributed by atoms with Gasteiger partial charge < -0.3 is 19.9 Å². The first kappa shape index (κ1) is 31.0. The summed E-state index contributed by atoms with van der Waals surface area (Å²) in [6.07, 6.45) is -2.32. The van der Waals surface area contributed by atoms with E-state index in [1.165, 1.54) is 16.8 Å². The summed E-state index contributed by atoms with van der Waals surface area (Å²) in [5.74, 6) is 0.0369. The van der Waals surface area contributed by atoms with Gasteiger partial charge in [0.15, 0.2) is 5.01 Å². The maximum atomic E-state index is 13.8. The van der Waals surface area contributed by atoms with Crippen molar-refractivity contribution < 1.29 is 31.1 Å².